The van der Waals surface area contributed by atoms with Gasteiger partial charge < -0.3 is 14.8 Å². The van der Waals surface area contributed by atoms with Gasteiger partial charge in [-0.3, -0.25) is 9.59 Å². The standard InChI is InChI=1S/C8H5F3INO4/c9-8(10,11)17-4-2-5(14)13-7(12)3(4)1-6(15)16/h2H,1H2,(H,13,14)(H,15,16). The van der Waals surface area contributed by atoms with E-state index in [1.165, 1.54) is 22.6 Å². The van der Waals surface area contributed by atoms with E-state index in [0.29, 0.717) is 6.07 Å². The van der Waals surface area contributed by atoms with Crippen molar-refractivity contribution >= 4 is 28.6 Å². The molecule has 0 aromatic carbocycles. The number of hydrogen-bond acceptors (Lipinski definition) is 3. The van der Waals surface area contributed by atoms with Crippen LogP contribution in [0.2, 0.25) is 0 Å². The van der Waals surface area contributed by atoms with Gasteiger partial charge in [-0.1, -0.05) is 0 Å². The zero-order valence-corrected chi connectivity index (χ0v) is 10.1. The van der Waals surface area contributed by atoms with Crippen molar-refractivity contribution in [3.8, 4) is 5.75 Å². The number of aliphatic carboxylic acids is 1. The summed E-state index contributed by atoms with van der Waals surface area (Å²) in [6.07, 6.45) is -5.66. The van der Waals surface area contributed by atoms with Gasteiger partial charge in [0.25, 0.3) is 5.56 Å². The molecule has 2 N–H and O–H groups in total. The molecule has 0 bridgehead atoms. The van der Waals surface area contributed by atoms with Gasteiger partial charge in [0, 0.05) is 11.6 Å². The van der Waals surface area contributed by atoms with Crippen molar-refractivity contribution < 1.29 is 27.8 Å². The van der Waals surface area contributed by atoms with E-state index in [1.807, 2.05) is 0 Å². The topological polar surface area (TPSA) is 79.4 Å². The molecule has 0 unspecified atom stereocenters. The van der Waals surface area contributed by atoms with E-state index in [4.69, 9.17) is 5.11 Å². The molecule has 0 saturated heterocycles. The number of H-pyrrole nitrogens is 1. The van der Waals surface area contributed by atoms with Crippen LogP contribution in [0.4, 0.5) is 13.2 Å². The first-order valence-electron chi connectivity index (χ1n) is 4.08. The Hall–Kier alpha value is -1.26. The average Bonchev–Trinajstić information content (AvgIpc) is 2.07. The van der Waals surface area contributed by atoms with Gasteiger partial charge in [-0.2, -0.15) is 0 Å². The third kappa shape index (κ3) is 4.24. The van der Waals surface area contributed by atoms with Crippen molar-refractivity contribution in [1.29, 1.82) is 0 Å². The molecule has 0 aliphatic heterocycles. The van der Waals surface area contributed by atoms with E-state index in [9.17, 15) is 22.8 Å². The van der Waals surface area contributed by atoms with E-state index in [-0.39, 0.29) is 9.26 Å². The molecule has 0 fully saturated rings. The minimum atomic E-state index is -4.98. The van der Waals surface area contributed by atoms with E-state index in [1.54, 1.807) is 0 Å². The van der Waals surface area contributed by atoms with Crippen molar-refractivity contribution in [3.63, 3.8) is 0 Å². The van der Waals surface area contributed by atoms with Crippen molar-refractivity contribution in [2.75, 3.05) is 0 Å². The highest BCUT2D eigenvalue weighted by Gasteiger charge is 2.33. The third-order valence-electron chi connectivity index (χ3n) is 1.61. The minimum absolute atomic E-state index is 0.00301. The highest BCUT2D eigenvalue weighted by molar-refractivity contribution is 14.1. The quantitative estimate of drug-likeness (QED) is 0.630. The SMILES string of the molecule is O=C(O)Cc1c(OC(F)(F)F)cc(=O)[nH]c1I. The fourth-order valence-electron chi connectivity index (χ4n) is 1.07. The summed E-state index contributed by atoms with van der Waals surface area (Å²) in [6, 6.07) is 0.563. The Morgan fingerprint density at radius 1 is 1.53 bits per heavy atom. The lowest BCUT2D eigenvalue weighted by atomic mass is 10.2. The third-order valence-corrected chi connectivity index (χ3v) is 2.53. The zero-order valence-electron chi connectivity index (χ0n) is 7.97. The first kappa shape index (κ1) is 13.8. The van der Waals surface area contributed by atoms with E-state index in [2.05, 4.69) is 9.72 Å². The summed E-state index contributed by atoms with van der Waals surface area (Å²) in [4.78, 5) is 23.7. The number of aromatic nitrogens is 1. The van der Waals surface area contributed by atoms with Crippen LogP contribution in [0.1, 0.15) is 5.56 Å². The summed E-state index contributed by atoms with van der Waals surface area (Å²) in [5.74, 6) is -2.13. The van der Waals surface area contributed by atoms with Gasteiger partial charge in [0.1, 0.15) is 5.75 Å². The molecule has 1 aromatic rings. The van der Waals surface area contributed by atoms with Crippen LogP contribution in [0.15, 0.2) is 10.9 Å². The Bertz CT molecular complexity index is 497. The predicted molar refractivity (Wildman–Crippen MR) is 57.8 cm³/mol. The van der Waals surface area contributed by atoms with Crippen molar-refractivity contribution in [2.24, 2.45) is 0 Å². The first-order chi connectivity index (χ1) is 7.69. The van der Waals surface area contributed by atoms with Gasteiger partial charge in [0.05, 0.1) is 10.1 Å². The second-order valence-corrected chi connectivity index (χ2v) is 3.99. The Morgan fingerprint density at radius 2 is 2.12 bits per heavy atom. The summed E-state index contributed by atoms with van der Waals surface area (Å²) in [5, 5.41) is 8.55. The van der Waals surface area contributed by atoms with Crippen LogP contribution in [0.3, 0.4) is 0 Å². The van der Waals surface area contributed by atoms with Crippen LogP contribution < -0.4 is 10.3 Å². The maximum Gasteiger partial charge on any atom is 0.573 e. The zero-order chi connectivity index (χ0) is 13.2. The first-order valence-corrected chi connectivity index (χ1v) is 5.16. The second kappa shape index (κ2) is 4.94. The van der Waals surface area contributed by atoms with Gasteiger partial charge in [-0.05, 0) is 22.6 Å². The van der Waals surface area contributed by atoms with Crippen LogP contribution in [-0.4, -0.2) is 22.4 Å². The van der Waals surface area contributed by atoms with Crippen molar-refractivity contribution in [1.82, 2.24) is 4.98 Å². The second-order valence-electron chi connectivity index (χ2n) is 2.91. The Labute approximate surface area is 106 Å². The van der Waals surface area contributed by atoms with Gasteiger partial charge in [-0.25, -0.2) is 0 Å². The number of carboxylic acid groups (broad SMARTS) is 1. The fourth-order valence-corrected chi connectivity index (χ4v) is 1.79. The van der Waals surface area contributed by atoms with Crippen LogP contribution in [-0.2, 0) is 11.2 Å². The molecular weight excluding hydrogens is 358 g/mol. The summed E-state index contributed by atoms with van der Waals surface area (Å²) < 4.78 is 39.7. The minimum Gasteiger partial charge on any atom is -0.481 e. The number of pyridine rings is 1. The monoisotopic (exact) mass is 363 g/mol. The van der Waals surface area contributed by atoms with Gasteiger partial charge in [0.2, 0.25) is 0 Å². The Kier molecular flexibility index (Phi) is 4.01. The van der Waals surface area contributed by atoms with Crippen LogP contribution in [0.25, 0.3) is 0 Å². The number of aromatic amines is 1. The maximum atomic E-state index is 12.0. The number of alkyl halides is 3. The highest BCUT2D eigenvalue weighted by atomic mass is 127. The number of hydrogen-bond donors (Lipinski definition) is 2. The van der Waals surface area contributed by atoms with E-state index in [0.717, 1.165) is 0 Å². The lowest BCUT2D eigenvalue weighted by molar-refractivity contribution is -0.275. The molecule has 0 saturated carbocycles. The molecule has 1 heterocycles. The highest BCUT2D eigenvalue weighted by Crippen LogP contribution is 2.27. The summed E-state index contributed by atoms with van der Waals surface area (Å²) in [7, 11) is 0. The molecule has 1 aromatic heterocycles. The molecule has 0 spiro atoms. The molecule has 17 heavy (non-hydrogen) atoms. The van der Waals surface area contributed by atoms with Gasteiger partial charge >= 0.3 is 12.3 Å². The van der Waals surface area contributed by atoms with Crippen LogP contribution in [0.5, 0.6) is 5.75 Å². The molecule has 0 aliphatic rings. The lowest BCUT2D eigenvalue weighted by Crippen LogP contribution is -2.22. The van der Waals surface area contributed by atoms with Crippen LogP contribution in [0, 0.1) is 3.70 Å². The normalized spacial score (nSPS) is 11.3. The van der Waals surface area contributed by atoms with Gasteiger partial charge in [0.15, 0.2) is 0 Å². The van der Waals surface area contributed by atoms with Crippen molar-refractivity contribution in [3.05, 3.63) is 25.7 Å². The van der Waals surface area contributed by atoms with E-state index < -0.39 is 30.1 Å². The summed E-state index contributed by atoms with van der Waals surface area (Å²) in [6.45, 7) is 0. The Balaban J connectivity index is 3.25. The smallest absolute Gasteiger partial charge is 0.481 e. The molecule has 94 valence electrons. The lowest BCUT2D eigenvalue weighted by Gasteiger charge is -2.12. The number of nitrogens with one attached hydrogen (secondary N) is 1. The average molecular weight is 363 g/mol. The summed E-state index contributed by atoms with van der Waals surface area (Å²) in [5.41, 5.74) is -1.03. The molecule has 0 radical (unpaired) electrons. The molecule has 0 amide bonds. The van der Waals surface area contributed by atoms with Crippen LogP contribution >= 0.6 is 22.6 Å². The number of carboxylic acids is 1. The summed E-state index contributed by atoms with van der Waals surface area (Å²) >= 11 is 1.53. The largest absolute Gasteiger partial charge is 0.573 e. The van der Waals surface area contributed by atoms with Crippen molar-refractivity contribution in [2.45, 2.75) is 12.8 Å². The number of halogens is 4. The molecule has 5 nitrogen and oxygen atoms in total. The molecule has 9 heteroatoms. The number of rotatable bonds is 3. The molecular formula is C8H5F3INO4. The number of carbonyl (C=O) groups is 1. The fraction of sp³-hybridized carbons (Fsp3) is 0.250. The number of ether oxygens (including phenoxy) is 1. The predicted octanol–water partition coefficient (Wildman–Crippen LogP) is 1.51. The van der Waals surface area contributed by atoms with E-state index >= 15 is 0 Å². The molecule has 0 aliphatic carbocycles. The maximum absolute atomic E-state index is 12.0. The van der Waals surface area contributed by atoms with Gasteiger partial charge in [-0.15, -0.1) is 13.2 Å². The Morgan fingerprint density at radius 3 is 2.59 bits per heavy atom. The molecule has 1 rings (SSSR count). The molecule has 0 atom stereocenters.